The van der Waals surface area contributed by atoms with Gasteiger partial charge in [-0.15, -0.1) is 0 Å². The van der Waals surface area contributed by atoms with E-state index in [-0.39, 0.29) is 18.3 Å². The van der Waals surface area contributed by atoms with Crippen molar-refractivity contribution in [1.82, 2.24) is 24.9 Å². The van der Waals surface area contributed by atoms with Gasteiger partial charge in [-0.05, 0) is 56.5 Å². The SMILES string of the molecule is C[C@H]1CCCN(CCCNC(=O)c2nc(Cn3c(=O)oc4ccc(Cl)cc43)no2)C1. The molecule has 1 atom stereocenters. The van der Waals surface area contributed by atoms with E-state index in [9.17, 15) is 9.59 Å². The number of nitrogens with one attached hydrogen (secondary N) is 1. The molecule has 1 N–H and O–H groups in total. The number of halogens is 1. The van der Waals surface area contributed by atoms with Gasteiger partial charge in [0.15, 0.2) is 11.4 Å². The number of aromatic nitrogens is 3. The van der Waals surface area contributed by atoms with Gasteiger partial charge in [0.1, 0.15) is 0 Å². The fourth-order valence-corrected chi connectivity index (χ4v) is 3.97. The molecule has 0 unspecified atom stereocenters. The summed E-state index contributed by atoms with van der Waals surface area (Å²) >= 11 is 6.00. The highest BCUT2D eigenvalue weighted by Crippen LogP contribution is 2.19. The quantitative estimate of drug-likeness (QED) is 0.570. The van der Waals surface area contributed by atoms with Crippen LogP contribution in [0.2, 0.25) is 5.02 Å². The third-order valence-electron chi connectivity index (χ3n) is 5.27. The molecular formula is C20H24ClN5O4. The zero-order valence-corrected chi connectivity index (χ0v) is 17.5. The van der Waals surface area contributed by atoms with Crippen LogP contribution in [0, 0.1) is 5.92 Å². The Bertz CT molecular complexity index is 1090. The lowest BCUT2D eigenvalue weighted by molar-refractivity contribution is 0.0906. The lowest BCUT2D eigenvalue weighted by Gasteiger charge is -2.30. The molecular weight excluding hydrogens is 410 g/mol. The fraction of sp³-hybridized carbons (Fsp3) is 0.500. The molecule has 30 heavy (non-hydrogen) atoms. The molecule has 1 amide bonds. The van der Waals surface area contributed by atoms with Crippen LogP contribution >= 0.6 is 11.6 Å². The molecule has 2 aromatic heterocycles. The lowest BCUT2D eigenvalue weighted by atomic mass is 10.0. The number of carbonyl (C=O) groups excluding carboxylic acids is 1. The highest BCUT2D eigenvalue weighted by molar-refractivity contribution is 6.31. The van der Waals surface area contributed by atoms with E-state index >= 15 is 0 Å². The van der Waals surface area contributed by atoms with Crippen LogP contribution in [-0.2, 0) is 6.54 Å². The van der Waals surface area contributed by atoms with Crippen molar-refractivity contribution in [1.29, 1.82) is 0 Å². The average molecular weight is 434 g/mol. The average Bonchev–Trinajstić information content (AvgIpc) is 3.31. The Morgan fingerprint density at radius 2 is 2.27 bits per heavy atom. The minimum atomic E-state index is -0.560. The van der Waals surface area contributed by atoms with Gasteiger partial charge >= 0.3 is 17.6 Å². The maximum atomic E-state index is 12.3. The fourth-order valence-electron chi connectivity index (χ4n) is 3.81. The van der Waals surface area contributed by atoms with E-state index in [1.54, 1.807) is 18.2 Å². The molecule has 1 aliphatic rings. The van der Waals surface area contributed by atoms with Gasteiger partial charge in [0.05, 0.1) is 12.1 Å². The highest BCUT2D eigenvalue weighted by atomic mass is 35.5. The molecule has 160 valence electrons. The molecule has 0 spiro atoms. The molecule has 0 radical (unpaired) electrons. The van der Waals surface area contributed by atoms with E-state index in [0.29, 0.717) is 22.7 Å². The summed E-state index contributed by atoms with van der Waals surface area (Å²) in [6.07, 6.45) is 3.39. The Labute approximate surface area is 178 Å². The monoisotopic (exact) mass is 433 g/mol. The molecule has 4 rings (SSSR count). The Balaban J connectivity index is 1.32. The molecule has 1 aliphatic heterocycles. The number of oxazole rings is 1. The van der Waals surface area contributed by atoms with Crippen molar-refractivity contribution in [3.8, 4) is 0 Å². The van der Waals surface area contributed by atoms with E-state index in [0.717, 1.165) is 32.0 Å². The Morgan fingerprint density at radius 1 is 1.40 bits per heavy atom. The topological polar surface area (TPSA) is 106 Å². The normalized spacial score (nSPS) is 17.5. The van der Waals surface area contributed by atoms with Crippen molar-refractivity contribution in [2.24, 2.45) is 5.92 Å². The first-order valence-electron chi connectivity index (χ1n) is 10.1. The van der Waals surface area contributed by atoms with E-state index in [1.807, 2.05) is 0 Å². The van der Waals surface area contributed by atoms with Gasteiger partial charge in [0.2, 0.25) is 0 Å². The van der Waals surface area contributed by atoms with Crippen LogP contribution in [0.3, 0.4) is 0 Å². The molecule has 3 aromatic rings. The van der Waals surface area contributed by atoms with Crippen molar-refractivity contribution >= 4 is 28.6 Å². The van der Waals surface area contributed by atoms with Gasteiger partial charge in [-0.2, -0.15) is 4.98 Å². The minimum Gasteiger partial charge on any atom is -0.408 e. The third kappa shape index (κ3) is 4.73. The van der Waals surface area contributed by atoms with Crippen LogP contribution in [0.5, 0.6) is 0 Å². The van der Waals surface area contributed by atoms with Gasteiger partial charge in [-0.25, -0.2) is 4.79 Å². The number of rotatable bonds is 7. The third-order valence-corrected chi connectivity index (χ3v) is 5.50. The summed E-state index contributed by atoms with van der Waals surface area (Å²) in [5.41, 5.74) is 0.935. The molecule has 9 nitrogen and oxygen atoms in total. The molecule has 10 heteroatoms. The van der Waals surface area contributed by atoms with Crippen LogP contribution in [0.1, 0.15) is 42.7 Å². The smallest absolute Gasteiger partial charge is 0.408 e. The number of likely N-dealkylation sites (tertiary alicyclic amines) is 1. The van der Waals surface area contributed by atoms with Gasteiger partial charge in [0.25, 0.3) is 0 Å². The van der Waals surface area contributed by atoms with E-state index in [1.165, 1.54) is 17.4 Å². The number of benzene rings is 1. The minimum absolute atomic E-state index is 0.0100. The van der Waals surface area contributed by atoms with Gasteiger partial charge in [-0.1, -0.05) is 23.7 Å². The second-order valence-electron chi connectivity index (χ2n) is 7.74. The highest BCUT2D eigenvalue weighted by Gasteiger charge is 2.18. The standard InChI is InChI=1S/C20H24ClN5O4/c1-13-4-2-8-25(11-13)9-3-7-22-18(27)19-23-17(24-30-19)12-26-15-10-14(21)5-6-16(15)29-20(26)28/h5-6,10,13H,2-4,7-9,11-12H2,1H3,(H,22,27)/t13-/m0/s1. The van der Waals surface area contributed by atoms with Crippen LogP contribution < -0.4 is 11.1 Å². The number of nitrogens with zero attached hydrogens (tertiary/aromatic N) is 4. The summed E-state index contributed by atoms with van der Waals surface area (Å²) in [6, 6.07) is 4.88. The zero-order valence-electron chi connectivity index (χ0n) is 16.8. The molecule has 1 aromatic carbocycles. The first-order valence-corrected chi connectivity index (χ1v) is 10.5. The Hall–Kier alpha value is -2.65. The van der Waals surface area contributed by atoms with Gasteiger partial charge < -0.3 is 19.2 Å². The molecule has 3 heterocycles. The van der Waals surface area contributed by atoms with Crippen LogP contribution in [0.15, 0.2) is 31.9 Å². The molecule has 1 fully saturated rings. The molecule has 0 bridgehead atoms. The maximum Gasteiger partial charge on any atom is 0.420 e. The van der Waals surface area contributed by atoms with E-state index in [4.69, 9.17) is 20.5 Å². The van der Waals surface area contributed by atoms with E-state index in [2.05, 4.69) is 27.3 Å². The first-order chi connectivity index (χ1) is 14.5. The van der Waals surface area contributed by atoms with Crippen molar-refractivity contribution < 1.29 is 13.7 Å². The predicted octanol–water partition coefficient (Wildman–Crippen LogP) is 2.53. The number of amides is 1. The second-order valence-corrected chi connectivity index (χ2v) is 8.18. The first kappa shape index (κ1) is 20.6. The largest absolute Gasteiger partial charge is 0.420 e. The summed E-state index contributed by atoms with van der Waals surface area (Å²) < 4.78 is 11.6. The Morgan fingerprint density at radius 3 is 3.10 bits per heavy atom. The van der Waals surface area contributed by atoms with Crippen molar-refractivity contribution in [3.63, 3.8) is 0 Å². The summed E-state index contributed by atoms with van der Waals surface area (Å²) in [4.78, 5) is 30.9. The number of hydrogen-bond acceptors (Lipinski definition) is 7. The number of fused-ring (bicyclic) bond motifs is 1. The predicted molar refractivity (Wildman–Crippen MR) is 111 cm³/mol. The summed E-state index contributed by atoms with van der Waals surface area (Å²) in [7, 11) is 0. The second kappa shape index (κ2) is 9.01. The maximum absolute atomic E-state index is 12.3. The summed E-state index contributed by atoms with van der Waals surface area (Å²) in [6.45, 7) is 6.02. The van der Waals surface area contributed by atoms with Gasteiger partial charge in [0, 0.05) is 18.1 Å². The van der Waals surface area contributed by atoms with Gasteiger partial charge in [-0.3, -0.25) is 9.36 Å². The molecule has 0 saturated carbocycles. The summed E-state index contributed by atoms with van der Waals surface area (Å²) in [5.74, 6) is -0.174. The lowest BCUT2D eigenvalue weighted by Crippen LogP contribution is -2.36. The number of carbonyl (C=O) groups is 1. The van der Waals surface area contributed by atoms with Crippen molar-refractivity contribution in [2.75, 3.05) is 26.2 Å². The van der Waals surface area contributed by atoms with Crippen molar-refractivity contribution in [3.05, 3.63) is 45.5 Å². The summed E-state index contributed by atoms with van der Waals surface area (Å²) in [5, 5.41) is 7.08. The van der Waals surface area contributed by atoms with Crippen molar-refractivity contribution in [2.45, 2.75) is 32.7 Å². The number of piperidine rings is 1. The molecule has 1 saturated heterocycles. The zero-order chi connectivity index (χ0) is 21.1. The van der Waals surface area contributed by atoms with Crippen LogP contribution in [0.25, 0.3) is 11.1 Å². The Kier molecular flexibility index (Phi) is 6.19. The van der Waals surface area contributed by atoms with Crippen LogP contribution in [0.4, 0.5) is 0 Å². The van der Waals surface area contributed by atoms with Crippen LogP contribution in [-0.4, -0.2) is 51.7 Å². The van der Waals surface area contributed by atoms with E-state index < -0.39 is 11.7 Å². The number of hydrogen-bond donors (Lipinski definition) is 1. The molecule has 0 aliphatic carbocycles.